The number of benzene rings is 2. The second kappa shape index (κ2) is 9.99. The molecular formula is C22H30N3O3+. The van der Waals surface area contributed by atoms with E-state index in [1.165, 1.54) is 4.90 Å². The van der Waals surface area contributed by atoms with Gasteiger partial charge in [0.25, 0.3) is 5.91 Å². The van der Waals surface area contributed by atoms with E-state index < -0.39 is 0 Å². The summed E-state index contributed by atoms with van der Waals surface area (Å²) in [6.07, 6.45) is 0. The molecule has 0 aromatic heterocycles. The SMILES string of the molecule is CCOc1ccccc1NC(=O)C[NH+]1CCN(c2ccccc2OCC)CC1. The second-order valence-electron chi connectivity index (χ2n) is 6.79. The summed E-state index contributed by atoms with van der Waals surface area (Å²) in [7, 11) is 0. The van der Waals surface area contributed by atoms with Gasteiger partial charge in [0.15, 0.2) is 6.54 Å². The standard InChI is InChI=1S/C22H29N3O3/c1-3-27-20-11-7-5-9-18(20)23-22(26)17-24-13-15-25(16-14-24)19-10-6-8-12-21(19)28-4-2/h5-12H,3-4,13-17H2,1-2H3,(H,23,26)/p+1. The highest BCUT2D eigenvalue weighted by atomic mass is 16.5. The fourth-order valence-electron chi connectivity index (χ4n) is 3.51. The number of quaternary nitrogens is 1. The second-order valence-corrected chi connectivity index (χ2v) is 6.79. The van der Waals surface area contributed by atoms with Crippen LogP contribution in [0.5, 0.6) is 11.5 Å². The average Bonchev–Trinajstić information content (AvgIpc) is 2.71. The zero-order valence-electron chi connectivity index (χ0n) is 16.7. The van der Waals surface area contributed by atoms with Gasteiger partial charge in [0, 0.05) is 0 Å². The molecule has 2 aromatic carbocycles. The van der Waals surface area contributed by atoms with Gasteiger partial charge in [-0.25, -0.2) is 0 Å². The highest BCUT2D eigenvalue weighted by Gasteiger charge is 2.24. The minimum Gasteiger partial charge on any atom is -0.492 e. The summed E-state index contributed by atoms with van der Waals surface area (Å²) in [6, 6.07) is 15.7. The summed E-state index contributed by atoms with van der Waals surface area (Å²) >= 11 is 0. The molecular weight excluding hydrogens is 354 g/mol. The minimum atomic E-state index is 0.0188. The molecule has 1 amide bonds. The normalized spacial score (nSPS) is 14.6. The summed E-state index contributed by atoms with van der Waals surface area (Å²) in [5, 5.41) is 2.99. The van der Waals surface area contributed by atoms with Crippen molar-refractivity contribution in [1.82, 2.24) is 0 Å². The van der Waals surface area contributed by atoms with Crippen LogP contribution in [0.15, 0.2) is 48.5 Å². The van der Waals surface area contributed by atoms with Crippen molar-refractivity contribution in [2.75, 3.05) is 56.2 Å². The van der Waals surface area contributed by atoms with Crippen molar-refractivity contribution < 1.29 is 19.2 Å². The Morgan fingerprint density at radius 1 is 0.964 bits per heavy atom. The predicted molar refractivity (Wildman–Crippen MR) is 112 cm³/mol. The lowest BCUT2D eigenvalue weighted by Crippen LogP contribution is -3.15. The molecule has 2 N–H and O–H groups in total. The highest BCUT2D eigenvalue weighted by Crippen LogP contribution is 2.28. The third-order valence-electron chi connectivity index (χ3n) is 4.85. The van der Waals surface area contributed by atoms with E-state index in [0.717, 1.165) is 43.3 Å². The molecule has 0 bridgehead atoms. The Bertz CT molecular complexity index is 773. The first-order chi connectivity index (χ1) is 13.7. The van der Waals surface area contributed by atoms with Gasteiger partial charge in [0.05, 0.1) is 50.8 Å². The van der Waals surface area contributed by atoms with Crippen LogP contribution in [0.4, 0.5) is 11.4 Å². The predicted octanol–water partition coefficient (Wildman–Crippen LogP) is 1.83. The minimum absolute atomic E-state index is 0.0188. The number of para-hydroxylation sites is 4. The van der Waals surface area contributed by atoms with Crippen LogP contribution < -0.4 is 24.6 Å². The molecule has 28 heavy (non-hydrogen) atoms. The fraction of sp³-hybridized carbons (Fsp3) is 0.409. The number of nitrogens with zero attached hydrogens (tertiary/aromatic N) is 1. The molecule has 1 saturated heterocycles. The van der Waals surface area contributed by atoms with Crippen LogP contribution in [0, 0.1) is 0 Å². The van der Waals surface area contributed by atoms with E-state index in [9.17, 15) is 4.79 Å². The van der Waals surface area contributed by atoms with Crippen molar-refractivity contribution in [2.45, 2.75) is 13.8 Å². The average molecular weight is 385 g/mol. The van der Waals surface area contributed by atoms with Gasteiger partial charge in [-0.15, -0.1) is 0 Å². The van der Waals surface area contributed by atoms with Crippen molar-refractivity contribution in [2.24, 2.45) is 0 Å². The monoisotopic (exact) mass is 384 g/mol. The topological polar surface area (TPSA) is 55.2 Å². The van der Waals surface area contributed by atoms with Crippen molar-refractivity contribution in [3.63, 3.8) is 0 Å². The van der Waals surface area contributed by atoms with Crippen LogP contribution in [0.1, 0.15) is 13.8 Å². The van der Waals surface area contributed by atoms with Crippen molar-refractivity contribution in [3.8, 4) is 11.5 Å². The zero-order chi connectivity index (χ0) is 19.8. The Morgan fingerprint density at radius 2 is 1.57 bits per heavy atom. The molecule has 0 aliphatic carbocycles. The number of rotatable bonds is 8. The Morgan fingerprint density at radius 3 is 2.29 bits per heavy atom. The summed E-state index contributed by atoms with van der Waals surface area (Å²) in [4.78, 5) is 16.1. The number of ether oxygens (including phenoxy) is 2. The largest absolute Gasteiger partial charge is 0.492 e. The Balaban J connectivity index is 1.53. The Hall–Kier alpha value is -2.73. The van der Waals surface area contributed by atoms with Crippen LogP contribution in [0.25, 0.3) is 0 Å². The van der Waals surface area contributed by atoms with Crippen LogP contribution in [0.2, 0.25) is 0 Å². The van der Waals surface area contributed by atoms with Gasteiger partial charge in [-0.3, -0.25) is 4.79 Å². The molecule has 0 saturated carbocycles. The third kappa shape index (κ3) is 5.16. The van der Waals surface area contributed by atoms with Crippen LogP contribution >= 0.6 is 0 Å². The quantitative estimate of drug-likeness (QED) is 0.729. The number of piperazine rings is 1. The van der Waals surface area contributed by atoms with E-state index in [4.69, 9.17) is 9.47 Å². The first kappa shape index (κ1) is 20.0. The number of carbonyl (C=O) groups excluding carboxylic acids is 1. The molecule has 3 rings (SSSR count). The number of hydrogen-bond donors (Lipinski definition) is 2. The first-order valence-corrected chi connectivity index (χ1v) is 10.0. The van der Waals surface area contributed by atoms with Crippen molar-refractivity contribution >= 4 is 17.3 Å². The van der Waals surface area contributed by atoms with Gasteiger partial charge >= 0.3 is 0 Å². The molecule has 2 aromatic rings. The van der Waals surface area contributed by atoms with Gasteiger partial charge in [-0.1, -0.05) is 24.3 Å². The number of nitrogens with one attached hydrogen (secondary N) is 2. The van der Waals surface area contributed by atoms with E-state index in [0.29, 0.717) is 25.5 Å². The third-order valence-corrected chi connectivity index (χ3v) is 4.85. The molecule has 6 heteroatoms. The number of anilines is 2. The number of amides is 1. The van der Waals surface area contributed by atoms with E-state index in [-0.39, 0.29) is 5.91 Å². The maximum Gasteiger partial charge on any atom is 0.279 e. The maximum atomic E-state index is 12.5. The molecule has 150 valence electrons. The lowest BCUT2D eigenvalue weighted by Gasteiger charge is -2.34. The van der Waals surface area contributed by atoms with E-state index >= 15 is 0 Å². The summed E-state index contributed by atoms with van der Waals surface area (Å²) < 4.78 is 11.3. The van der Waals surface area contributed by atoms with E-state index in [1.54, 1.807) is 0 Å². The smallest absolute Gasteiger partial charge is 0.279 e. The number of carbonyl (C=O) groups is 1. The van der Waals surface area contributed by atoms with Gasteiger partial charge in [-0.2, -0.15) is 0 Å². The fourth-order valence-corrected chi connectivity index (χ4v) is 3.51. The maximum absolute atomic E-state index is 12.5. The summed E-state index contributed by atoms with van der Waals surface area (Å²) in [6.45, 7) is 9.27. The zero-order valence-corrected chi connectivity index (χ0v) is 16.7. The Kier molecular flexibility index (Phi) is 7.14. The van der Waals surface area contributed by atoms with E-state index in [1.807, 2.05) is 56.3 Å². The van der Waals surface area contributed by atoms with Crippen molar-refractivity contribution in [3.05, 3.63) is 48.5 Å². The number of hydrogen-bond acceptors (Lipinski definition) is 4. The molecule has 1 aliphatic heterocycles. The molecule has 0 radical (unpaired) electrons. The molecule has 0 atom stereocenters. The van der Waals surface area contributed by atoms with Crippen LogP contribution in [0.3, 0.4) is 0 Å². The van der Waals surface area contributed by atoms with Crippen molar-refractivity contribution in [1.29, 1.82) is 0 Å². The van der Waals surface area contributed by atoms with Gasteiger partial charge in [0.2, 0.25) is 0 Å². The molecule has 0 unspecified atom stereocenters. The first-order valence-electron chi connectivity index (χ1n) is 10.0. The molecule has 1 aliphatic rings. The lowest BCUT2D eigenvalue weighted by molar-refractivity contribution is -0.892. The molecule has 1 fully saturated rings. The highest BCUT2D eigenvalue weighted by molar-refractivity contribution is 5.92. The Labute approximate surface area is 167 Å². The van der Waals surface area contributed by atoms with Gasteiger partial charge in [0.1, 0.15) is 11.5 Å². The van der Waals surface area contributed by atoms with Gasteiger partial charge < -0.3 is 24.6 Å². The summed E-state index contributed by atoms with van der Waals surface area (Å²) in [5.41, 5.74) is 1.87. The summed E-state index contributed by atoms with van der Waals surface area (Å²) in [5.74, 6) is 1.66. The van der Waals surface area contributed by atoms with Gasteiger partial charge in [-0.05, 0) is 38.1 Å². The molecule has 6 nitrogen and oxygen atoms in total. The molecule has 0 spiro atoms. The van der Waals surface area contributed by atoms with Crippen LogP contribution in [-0.2, 0) is 4.79 Å². The van der Waals surface area contributed by atoms with E-state index in [2.05, 4.69) is 16.3 Å². The lowest BCUT2D eigenvalue weighted by atomic mass is 10.2. The van der Waals surface area contributed by atoms with Crippen LogP contribution in [-0.4, -0.2) is 51.8 Å². The molecule has 1 heterocycles.